The van der Waals surface area contributed by atoms with Crippen LogP contribution in [0.2, 0.25) is 0 Å². The number of hydrogen-bond donors (Lipinski definition) is 1. The number of aromatic amines is 1. The maximum atomic E-state index is 11.3. The maximum absolute atomic E-state index is 11.3. The summed E-state index contributed by atoms with van der Waals surface area (Å²) < 4.78 is 1.59. The van der Waals surface area contributed by atoms with Crippen LogP contribution in [0.1, 0.15) is 45.0 Å². The summed E-state index contributed by atoms with van der Waals surface area (Å²) in [6.07, 6.45) is 7.81. The van der Waals surface area contributed by atoms with E-state index in [0.29, 0.717) is 0 Å². The van der Waals surface area contributed by atoms with Crippen LogP contribution >= 0.6 is 0 Å². The highest BCUT2D eigenvalue weighted by atomic mass is 16.1. The summed E-state index contributed by atoms with van der Waals surface area (Å²) in [5.74, 6) is 0. The molecule has 0 aromatic carbocycles. The highest BCUT2D eigenvalue weighted by molar-refractivity contribution is 5.58. The molecule has 0 atom stereocenters. The molecule has 0 unspecified atom stereocenters. The monoisotopic (exact) mass is 222 g/mol. The van der Waals surface area contributed by atoms with E-state index in [1.807, 2.05) is 19.9 Å². The largest absolute Gasteiger partial charge is 0.326 e. The Morgan fingerprint density at radius 2 is 2.06 bits per heavy atom. The molecule has 1 aromatic heterocycles. The van der Waals surface area contributed by atoms with Gasteiger partial charge >= 0.3 is 5.69 Å². The predicted octanol–water partition coefficient (Wildman–Crippen LogP) is 3.20. The molecule has 0 aliphatic heterocycles. The van der Waals surface area contributed by atoms with E-state index < -0.39 is 0 Å². The molecule has 1 N–H and O–H groups in total. The van der Waals surface area contributed by atoms with Crippen molar-refractivity contribution in [1.82, 2.24) is 9.55 Å². The Bertz CT molecular complexity index is 397. The first-order chi connectivity index (χ1) is 7.70. The minimum absolute atomic E-state index is 0.101. The van der Waals surface area contributed by atoms with Crippen LogP contribution < -0.4 is 5.69 Å². The lowest BCUT2D eigenvalue weighted by atomic mass is 10.2. The van der Waals surface area contributed by atoms with Crippen LogP contribution in [0.15, 0.2) is 17.4 Å². The van der Waals surface area contributed by atoms with Crippen LogP contribution in [-0.4, -0.2) is 9.55 Å². The van der Waals surface area contributed by atoms with Gasteiger partial charge in [-0.2, -0.15) is 0 Å². The summed E-state index contributed by atoms with van der Waals surface area (Å²) in [7, 11) is 1.75. The zero-order valence-electron chi connectivity index (χ0n) is 10.7. The Balaban J connectivity index is 0.00000106. The van der Waals surface area contributed by atoms with Gasteiger partial charge in [-0.25, -0.2) is 4.79 Å². The third-order valence-electron chi connectivity index (χ3n) is 2.12. The first-order valence-electron chi connectivity index (χ1n) is 5.78. The zero-order valence-corrected chi connectivity index (χ0v) is 10.7. The van der Waals surface area contributed by atoms with E-state index in [-0.39, 0.29) is 5.69 Å². The number of H-pyrrole nitrogens is 1. The van der Waals surface area contributed by atoms with Crippen LogP contribution in [0.25, 0.3) is 12.2 Å². The van der Waals surface area contributed by atoms with Crippen molar-refractivity contribution in [3.63, 3.8) is 0 Å². The minimum Gasteiger partial charge on any atom is -0.306 e. The Kier molecular flexibility index (Phi) is 7.01. The Labute approximate surface area is 97.5 Å². The van der Waals surface area contributed by atoms with E-state index >= 15 is 0 Å². The first kappa shape index (κ1) is 14.5. The van der Waals surface area contributed by atoms with Crippen LogP contribution in [0, 0.1) is 0 Å². The first-order valence-corrected chi connectivity index (χ1v) is 5.78. The van der Waals surface area contributed by atoms with Crippen LogP contribution in [0.4, 0.5) is 0 Å². The number of nitrogens with zero attached hydrogens (tertiary/aromatic N) is 1. The highest BCUT2D eigenvalue weighted by Gasteiger charge is 2.04. The van der Waals surface area contributed by atoms with Crippen molar-refractivity contribution >= 4 is 12.2 Å². The molecule has 0 aliphatic carbocycles. The molecule has 16 heavy (non-hydrogen) atoms. The number of unbranched alkanes of at least 4 members (excludes halogenated alkanes) is 1. The number of imidazole rings is 1. The van der Waals surface area contributed by atoms with Gasteiger partial charge in [-0.05, 0) is 18.6 Å². The molecule has 0 amide bonds. The zero-order chi connectivity index (χ0) is 12.6. The normalized spacial score (nSPS) is 10.0. The quantitative estimate of drug-likeness (QED) is 0.834. The second kappa shape index (κ2) is 7.74. The molecule has 0 bridgehead atoms. The van der Waals surface area contributed by atoms with Crippen molar-refractivity contribution in [3.8, 4) is 0 Å². The van der Waals surface area contributed by atoms with Gasteiger partial charge in [-0.15, -0.1) is 0 Å². The summed E-state index contributed by atoms with van der Waals surface area (Å²) >= 11 is 0. The fourth-order valence-corrected chi connectivity index (χ4v) is 1.27. The van der Waals surface area contributed by atoms with Crippen molar-refractivity contribution in [2.75, 3.05) is 0 Å². The van der Waals surface area contributed by atoms with Gasteiger partial charge < -0.3 is 4.98 Å². The standard InChI is InChI=1S/C11H16N2O.C2H6/c1-4-6-7-8-10-9(5-2)12-11(14)13(10)3;1-2/h5,7-8H,2,4,6H2,1,3H3,(H,12,14);1-2H3/b8-7-;. The average Bonchev–Trinajstić information content (AvgIpc) is 2.59. The predicted molar refractivity (Wildman–Crippen MR) is 71.4 cm³/mol. The van der Waals surface area contributed by atoms with E-state index in [4.69, 9.17) is 0 Å². The fourth-order valence-electron chi connectivity index (χ4n) is 1.27. The molecule has 0 fully saturated rings. The summed E-state index contributed by atoms with van der Waals surface area (Å²) in [5.41, 5.74) is 1.57. The molecule has 0 saturated carbocycles. The summed E-state index contributed by atoms with van der Waals surface area (Å²) in [6, 6.07) is 0. The number of hydrogen-bond acceptors (Lipinski definition) is 1. The molecule has 90 valence electrons. The van der Waals surface area contributed by atoms with Crippen molar-refractivity contribution in [3.05, 3.63) is 34.5 Å². The molecule has 0 spiro atoms. The molecule has 0 radical (unpaired) electrons. The molecule has 3 heteroatoms. The SMILES string of the molecule is C=Cc1[nH]c(=O)n(C)c1/C=C\CCC.CC. The second-order valence-electron chi connectivity index (χ2n) is 3.18. The van der Waals surface area contributed by atoms with Crippen molar-refractivity contribution in [2.24, 2.45) is 7.05 Å². The van der Waals surface area contributed by atoms with Gasteiger partial charge in [0.15, 0.2) is 0 Å². The lowest BCUT2D eigenvalue weighted by Crippen LogP contribution is -2.13. The number of aromatic nitrogens is 2. The Morgan fingerprint density at radius 1 is 1.44 bits per heavy atom. The van der Waals surface area contributed by atoms with Gasteiger partial charge in [0.2, 0.25) is 0 Å². The molecular weight excluding hydrogens is 200 g/mol. The third-order valence-corrected chi connectivity index (χ3v) is 2.12. The van der Waals surface area contributed by atoms with Crippen molar-refractivity contribution in [2.45, 2.75) is 33.6 Å². The molecule has 0 aliphatic rings. The van der Waals surface area contributed by atoms with Gasteiger partial charge in [0.25, 0.3) is 0 Å². The fraction of sp³-hybridized carbons (Fsp3) is 0.462. The number of allylic oxidation sites excluding steroid dienone is 1. The topological polar surface area (TPSA) is 37.8 Å². The molecule has 1 heterocycles. The molecule has 0 saturated heterocycles. The van der Waals surface area contributed by atoms with E-state index in [0.717, 1.165) is 24.2 Å². The maximum Gasteiger partial charge on any atom is 0.326 e. The van der Waals surface area contributed by atoms with Crippen LogP contribution in [0.5, 0.6) is 0 Å². The summed E-state index contributed by atoms with van der Waals surface area (Å²) in [5, 5.41) is 0. The van der Waals surface area contributed by atoms with E-state index in [9.17, 15) is 4.79 Å². The lowest BCUT2D eigenvalue weighted by molar-refractivity contribution is 0.852. The molecule has 3 nitrogen and oxygen atoms in total. The van der Waals surface area contributed by atoms with E-state index in [2.05, 4.69) is 24.6 Å². The smallest absolute Gasteiger partial charge is 0.306 e. The molecule has 1 rings (SSSR count). The van der Waals surface area contributed by atoms with E-state index in [1.54, 1.807) is 17.7 Å². The third kappa shape index (κ3) is 3.57. The molecular formula is C13H22N2O. The Hall–Kier alpha value is -1.51. The van der Waals surface area contributed by atoms with Crippen molar-refractivity contribution < 1.29 is 0 Å². The van der Waals surface area contributed by atoms with E-state index in [1.165, 1.54) is 0 Å². The minimum atomic E-state index is -0.101. The van der Waals surface area contributed by atoms with Gasteiger partial charge in [-0.1, -0.05) is 39.8 Å². The van der Waals surface area contributed by atoms with Gasteiger partial charge in [0, 0.05) is 7.05 Å². The highest BCUT2D eigenvalue weighted by Crippen LogP contribution is 2.07. The van der Waals surface area contributed by atoms with Crippen LogP contribution in [-0.2, 0) is 7.05 Å². The molecule has 1 aromatic rings. The Morgan fingerprint density at radius 3 is 2.56 bits per heavy atom. The summed E-state index contributed by atoms with van der Waals surface area (Å²) in [6.45, 7) is 9.78. The second-order valence-corrected chi connectivity index (χ2v) is 3.18. The summed E-state index contributed by atoms with van der Waals surface area (Å²) in [4.78, 5) is 14.0. The van der Waals surface area contributed by atoms with Crippen LogP contribution in [0.3, 0.4) is 0 Å². The number of rotatable bonds is 4. The van der Waals surface area contributed by atoms with Gasteiger partial charge in [0.05, 0.1) is 11.4 Å². The average molecular weight is 222 g/mol. The van der Waals surface area contributed by atoms with Crippen molar-refractivity contribution in [1.29, 1.82) is 0 Å². The van der Waals surface area contributed by atoms with Gasteiger partial charge in [0.1, 0.15) is 0 Å². The number of nitrogens with one attached hydrogen (secondary N) is 1. The van der Waals surface area contributed by atoms with Gasteiger partial charge in [-0.3, -0.25) is 4.57 Å². The lowest BCUT2D eigenvalue weighted by Gasteiger charge is -1.95.